The van der Waals surface area contributed by atoms with E-state index in [1.165, 1.54) is 4.90 Å². The largest absolute Gasteiger partial charge is 0.464 e. The molecule has 0 aliphatic carbocycles. The van der Waals surface area contributed by atoms with Crippen LogP contribution < -0.4 is 5.73 Å². The van der Waals surface area contributed by atoms with Crippen molar-refractivity contribution in [3.63, 3.8) is 0 Å². The molecule has 2 N–H and O–H groups in total. The zero-order valence-corrected chi connectivity index (χ0v) is 8.24. The molecular formula is C8H16N2O3. The predicted octanol–water partition coefficient (Wildman–Crippen LogP) is -0.645. The van der Waals surface area contributed by atoms with Crippen LogP contribution in [-0.4, -0.2) is 43.0 Å². The van der Waals surface area contributed by atoms with Gasteiger partial charge >= 0.3 is 5.97 Å². The van der Waals surface area contributed by atoms with Crippen LogP contribution in [-0.2, 0) is 14.3 Å². The number of esters is 1. The van der Waals surface area contributed by atoms with E-state index in [0.717, 1.165) is 0 Å². The molecule has 1 atom stereocenters. The van der Waals surface area contributed by atoms with Crippen LogP contribution in [0.4, 0.5) is 0 Å². The standard InChI is InChI=1S/C8H16N2O3/c1-4-10(3)7(11)6(9)8(12)13-5-2/h6H,4-5,9H2,1-3H3. The van der Waals surface area contributed by atoms with Crippen molar-refractivity contribution in [2.45, 2.75) is 19.9 Å². The van der Waals surface area contributed by atoms with Crippen LogP contribution in [0.25, 0.3) is 0 Å². The molecule has 0 saturated carbocycles. The van der Waals surface area contributed by atoms with E-state index in [4.69, 9.17) is 5.73 Å². The molecule has 0 aromatic carbocycles. The fourth-order valence-corrected chi connectivity index (χ4v) is 0.726. The minimum atomic E-state index is -1.19. The van der Waals surface area contributed by atoms with Gasteiger partial charge in [-0.2, -0.15) is 0 Å². The number of ether oxygens (including phenoxy) is 1. The maximum absolute atomic E-state index is 11.3. The highest BCUT2D eigenvalue weighted by Crippen LogP contribution is 1.92. The second kappa shape index (κ2) is 5.53. The van der Waals surface area contributed by atoms with Crippen molar-refractivity contribution < 1.29 is 14.3 Å². The summed E-state index contributed by atoms with van der Waals surface area (Å²) in [4.78, 5) is 23.7. The van der Waals surface area contributed by atoms with Crippen LogP contribution in [0, 0.1) is 0 Å². The van der Waals surface area contributed by atoms with Crippen molar-refractivity contribution >= 4 is 11.9 Å². The summed E-state index contributed by atoms with van der Waals surface area (Å²) < 4.78 is 4.61. The van der Waals surface area contributed by atoms with Gasteiger partial charge in [-0.3, -0.25) is 4.79 Å². The number of nitrogens with zero attached hydrogens (tertiary/aromatic N) is 1. The van der Waals surface area contributed by atoms with Crippen LogP contribution in [0.1, 0.15) is 13.8 Å². The van der Waals surface area contributed by atoms with Gasteiger partial charge in [0, 0.05) is 13.6 Å². The zero-order chi connectivity index (χ0) is 10.4. The summed E-state index contributed by atoms with van der Waals surface area (Å²) in [5.41, 5.74) is 5.36. The molecule has 0 aromatic rings. The molecular weight excluding hydrogens is 172 g/mol. The average Bonchev–Trinajstić information content (AvgIpc) is 2.14. The molecule has 5 heteroatoms. The first kappa shape index (κ1) is 11.9. The maximum Gasteiger partial charge on any atom is 0.332 e. The topological polar surface area (TPSA) is 72.6 Å². The highest BCUT2D eigenvalue weighted by molar-refractivity contribution is 6.01. The van der Waals surface area contributed by atoms with Crippen molar-refractivity contribution in [3.8, 4) is 0 Å². The molecule has 0 fully saturated rings. The number of rotatable bonds is 4. The number of carbonyl (C=O) groups is 2. The minimum Gasteiger partial charge on any atom is -0.464 e. The fraction of sp³-hybridized carbons (Fsp3) is 0.750. The Morgan fingerprint density at radius 2 is 2.00 bits per heavy atom. The number of likely N-dealkylation sites (N-methyl/N-ethyl adjacent to an activating group) is 1. The highest BCUT2D eigenvalue weighted by atomic mass is 16.5. The predicted molar refractivity (Wildman–Crippen MR) is 47.9 cm³/mol. The van der Waals surface area contributed by atoms with Gasteiger partial charge in [0.2, 0.25) is 0 Å². The number of carbonyl (C=O) groups excluding carboxylic acids is 2. The molecule has 0 bridgehead atoms. The Balaban J connectivity index is 4.16. The third-order valence-electron chi connectivity index (χ3n) is 1.66. The smallest absolute Gasteiger partial charge is 0.332 e. The summed E-state index contributed by atoms with van der Waals surface area (Å²) in [5.74, 6) is -1.09. The molecule has 0 saturated heterocycles. The molecule has 0 aliphatic rings. The van der Waals surface area contributed by atoms with Gasteiger partial charge in [-0.05, 0) is 13.8 Å². The lowest BCUT2D eigenvalue weighted by Gasteiger charge is -2.18. The number of hydrogen-bond acceptors (Lipinski definition) is 4. The normalized spacial score (nSPS) is 12.0. The van der Waals surface area contributed by atoms with Gasteiger partial charge in [-0.25, -0.2) is 4.79 Å². The first-order chi connectivity index (χ1) is 6.04. The lowest BCUT2D eigenvalue weighted by atomic mass is 10.3. The van der Waals surface area contributed by atoms with E-state index < -0.39 is 17.9 Å². The monoisotopic (exact) mass is 188 g/mol. The summed E-state index contributed by atoms with van der Waals surface area (Å²) in [6.45, 7) is 4.22. The molecule has 1 amide bonds. The molecule has 0 heterocycles. The molecule has 0 aliphatic heterocycles. The SMILES string of the molecule is CCOC(=O)C(N)C(=O)N(C)CC. The van der Waals surface area contributed by atoms with Crippen molar-refractivity contribution in [1.29, 1.82) is 0 Å². The van der Waals surface area contributed by atoms with Crippen LogP contribution in [0.3, 0.4) is 0 Å². The first-order valence-corrected chi connectivity index (χ1v) is 4.21. The van der Waals surface area contributed by atoms with Gasteiger partial charge in [-0.15, -0.1) is 0 Å². The number of amides is 1. The Kier molecular flexibility index (Phi) is 5.06. The fourth-order valence-electron chi connectivity index (χ4n) is 0.726. The second-order valence-corrected chi connectivity index (χ2v) is 2.58. The van der Waals surface area contributed by atoms with Crippen molar-refractivity contribution in [2.75, 3.05) is 20.2 Å². The van der Waals surface area contributed by atoms with Crippen LogP contribution in [0.2, 0.25) is 0 Å². The van der Waals surface area contributed by atoms with Crippen molar-refractivity contribution in [3.05, 3.63) is 0 Å². The minimum absolute atomic E-state index is 0.232. The van der Waals surface area contributed by atoms with E-state index >= 15 is 0 Å². The summed E-state index contributed by atoms with van der Waals surface area (Å²) in [6.07, 6.45) is 0. The van der Waals surface area contributed by atoms with Crippen LogP contribution in [0.5, 0.6) is 0 Å². The Morgan fingerprint density at radius 3 is 2.38 bits per heavy atom. The van der Waals surface area contributed by atoms with Gasteiger partial charge in [0.15, 0.2) is 6.04 Å². The van der Waals surface area contributed by atoms with Gasteiger partial charge in [0.1, 0.15) is 0 Å². The lowest BCUT2D eigenvalue weighted by molar-refractivity contribution is -0.150. The van der Waals surface area contributed by atoms with E-state index in [1.807, 2.05) is 0 Å². The summed E-state index contributed by atoms with van der Waals surface area (Å²) >= 11 is 0. The summed E-state index contributed by atoms with van der Waals surface area (Å²) in [7, 11) is 1.58. The first-order valence-electron chi connectivity index (χ1n) is 4.21. The van der Waals surface area contributed by atoms with Crippen LogP contribution >= 0.6 is 0 Å². The van der Waals surface area contributed by atoms with Crippen molar-refractivity contribution in [2.24, 2.45) is 5.73 Å². The van der Waals surface area contributed by atoms with E-state index in [9.17, 15) is 9.59 Å². The number of nitrogens with two attached hydrogens (primary N) is 1. The third-order valence-corrected chi connectivity index (χ3v) is 1.66. The molecule has 76 valence electrons. The molecule has 0 spiro atoms. The zero-order valence-electron chi connectivity index (χ0n) is 8.24. The quantitative estimate of drug-likeness (QED) is 0.470. The van der Waals surface area contributed by atoms with Gasteiger partial charge < -0.3 is 15.4 Å². The second-order valence-electron chi connectivity index (χ2n) is 2.58. The maximum atomic E-state index is 11.3. The third kappa shape index (κ3) is 3.42. The highest BCUT2D eigenvalue weighted by Gasteiger charge is 2.25. The molecule has 0 radical (unpaired) electrons. The van der Waals surface area contributed by atoms with Gasteiger partial charge in [-0.1, -0.05) is 0 Å². The van der Waals surface area contributed by atoms with E-state index in [0.29, 0.717) is 6.54 Å². The Morgan fingerprint density at radius 1 is 1.46 bits per heavy atom. The van der Waals surface area contributed by atoms with Gasteiger partial charge in [0.25, 0.3) is 5.91 Å². The van der Waals surface area contributed by atoms with E-state index in [1.54, 1.807) is 20.9 Å². The average molecular weight is 188 g/mol. The van der Waals surface area contributed by atoms with E-state index in [-0.39, 0.29) is 6.61 Å². The molecule has 13 heavy (non-hydrogen) atoms. The van der Waals surface area contributed by atoms with Crippen LogP contribution in [0.15, 0.2) is 0 Å². The molecule has 0 rings (SSSR count). The Labute approximate surface area is 77.8 Å². The van der Waals surface area contributed by atoms with E-state index in [2.05, 4.69) is 4.74 Å². The summed E-state index contributed by atoms with van der Waals surface area (Å²) in [6, 6.07) is -1.19. The van der Waals surface area contributed by atoms with Gasteiger partial charge in [0.05, 0.1) is 6.61 Å². The number of hydrogen-bond donors (Lipinski definition) is 1. The molecule has 1 unspecified atom stereocenters. The Bertz CT molecular complexity index is 194. The molecule has 5 nitrogen and oxygen atoms in total. The Hall–Kier alpha value is -1.10. The molecule has 0 aromatic heterocycles. The lowest BCUT2D eigenvalue weighted by Crippen LogP contribution is -2.47. The van der Waals surface area contributed by atoms with Crippen molar-refractivity contribution in [1.82, 2.24) is 4.90 Å². The summed E-state index contributed by atoms with van der Waals surface area (Å²) in [5, 5.41) is 0.